The van der Waals surface area contributed by atoms with E-state index in [0.717, 1.165) is 18.5 Å². The summed E-state index contributed by atoms with van der Waals surface area (Å²) >= 11 is 0. The zero-order valence-corrected chi connectivity index (χ0v) is 15.5. The van der Waals surface area contributed by atoms with E-state index in [1.807, 2.05) is 18.2 Å². The van der Waals surface area contributed by atoms with E-state index in [9.17, 15) is 8.42 Å². The summed E-state index contributed by atoms with van der Waals surface area (Å²) in [6.45, 7) is 8.04. The lowest BCUT2D eigenvalue weighted by atomic mass is 9.90. The Morgan fingerprint density at radius 1 is 1.08 bits per heavy atom. The lowest BCUT2D eigenvalue weighted by Gasteiger charge is -2.43. The molecule has 0 bridgehead atoms. The SMILES string of the molecule is CC1(C)CCCCN1Cc1ccccc1S(=O)(=O)N1CCOCC1. The molecule has 0 aliphatic carbocycles. The Hall–Kier alpha value is -0.950. The predicted molar refractivity (Wildman–Crippen MR) is 94.4 cm³/mol. The number of morpholine rings is 1. The number of hydrogen-bond donors (Lipinski definition) is 0. The molecule has 2 heterocycles. The molecular weight excluding hydrogens is 324 g/mol. The molecule has 0 N–H and O–H groups in total. The summed E-state index contributed by atoms with van der Waals surface area (Å²) in [6.07, 6.45) is 3.59. The third-order valence-electron chi connectivity index (χ3n) is 5.24. The molecule has 0 spiro atoms. The molecule has 5 nitrogen and oxygen atoms in total. The summed E-state index contributed by atoms with van der Waals surface area (Å²) in [7, 11) is -3.45. The van der Waals surface area contributed by atoms with Crippen LogP contribution >= 0.6 is 0 Å². The molecule has 3 rings (SSSR count). The maximum absolute atomic E-state index is 13.1. The van der Waals surface area contributed by atoms with Crippen LogP contribution in [0.5, 0.6) is 0 Å². The Morgan fingerprint density at radius 2 is 1.79 bits per heavy atom. The molecule has 1 aromatic carbocycles. The normalized spacial score (nSPS) is 23.2. The Kier molecular flexibility index (Phi) is 5.30. The Morgan fingerprint density at radius 3 is 2.50 bits per heavy atom. The van der Waals surface area contributed by atoms with Gasteiger partial charge in [0.15, 0.2) is 0 Å². The minimum Gasteiger partial charge on any atom is -0.379 e. The largest absolute Gasteiger partial charge is 0.379 e. The highest BCUT2D eigenvalue weighted by atomic mass is 32.2. The maximum atomic E-state index is 13.1. The fourth-order valence-electron chi connectivity index (χ4n) is 3.63. The number of nitrogens with zero attached hydrogens (tertiary/aromatic N) is 2. The smallest absolute Gasteiger partial charge is 0.243 e. The summed E-state index contributed by atoms with van der Waals surface area (Å²) in [6, 6.07) is 7.46. The van der Waals surface area contributed by atoms with Crippen LogP contribution in [0, 0.1) is 0 Å². The van der Waals surface area contributed by atoms with Gasteiger partial charge in [-0.25, -0.2) is 8.42 Å². The first-order valence-electron chi connectivity index (χ1n) is 8.82. The second-order valence-electron chi connectivity index (χ2n) is 7.32. The molecule has 0 amide bonds. The van der Waals surface area contributed by atoms with Crippen molar-refractivity contribution >= 4 is 10.0 Å². The van der Waals surface area contributed by atoms with E-state index in [0.29, 0.717) is 37.7 Å². The Labute approximate surface area is 145 Å². The summed E-state index contributed by atoms with van der Waals surface area (Å²) in [5, 5.41) is 0. The Bertz CT molecular complexity index is 667. The molecule has 0 radical (unpaired) electrons. The molecular formula is C18H28N2O3S. The lowest BCUT2D eigenvalue weighted by molar-refractivity contribution is 0.0677. The van der Waals surface area contributed by atoms with Crippen LogP contribution in [0.3, 0.4) is 0 Å². The molecule has 0 saturated carbocycles. The van der Waals surface area contributed by atoms with Crippen LogP contribution in [0.2, 0.25) is 0 Å². The van der Waals surface area contributed by atoms with Crippen LogP contribution in [0.1, 0.15) is 38.7 Å². The Balaban J connectivity index is 1.87. The number of sulfonamides is 1. The van der Waals surface area contributed by atoms with Gasteiger partial charge in [0.05, 0.1) is 18.1 Å². The molecule has 0 atom stereocenters. The van der Waals surface area contributed by atoms with Crippen molar-refractivity contribution in [3.63, 3.8) is 0 Å². The highest BCUT2D eigenvalue weighted by Crippen LogP contribution is 2.31. The molecule has 2 aliphatic heterocycles. The van der Waals surface area contributed by atoms with Gasteiger partial charge < -0.3 is 4.74 Å². The fraction of sp³-hybridized carbons (Fsp3) is 0.667. The average molecular weight is 353 g/mol. The highest BCUT2D eigenvalue weighted by molar-refractivity contribution is 7.89. The number of benzene rings is 1. The molecule has 6 heteroatoms. The quantitative estimate of drug-likeness (QED) is 0.835. The number of likely N-dealkylation sites (tertiary alicyclic amines) is 1. The standard InChI is InChI=1S/C18H28N2O3S/c1-18(2)9-5-6-10-19(18)15-16-7-3-4-8-17(16)24(21,22)20-11-13-23-14-12-20/h3-4,7-8H,5-6,9-15H2,1-2H3. The topological polar surface area (TPSA) is 49.9 Å². The summed E-state index contributed by atoms with van der Waals surface area (Å²) in [5.41, 5.74) is 1.02. The number of rotatable bonds is 4. The molecule has 24 heavy (non-hydrogen) atoms. The second kappa shape index (κ2) is 7.12. The van der Waals surface area contributed by atoms with E-state index in [1.165, 1.54) is 12.8 Å². The van der Waals surface area contributed by atoms with Crippen molar-refractivity contribution in [1.82, 2.24) is 9.21 Å². The van der Waals surface area contributed by atoms with Crippen molar-refractivity contribution < 1.29 is 13.2 Å². The first-order chi connectivity index (χ1) is 11.4. The van der Waals surface area contributed by atoms with Gasteiger partial charge in [0.1, 0.15) is 0 Å². The maximum Gasteiger partial charge on any atom is 0.243 e. The van der Waals surface area contributed by atoms with Gasteiger partial charge in [0.25, 0.3) is 0 Å². The molecule has 134 valence electrons. The zero-order chi connectivity index (χ0) is 17.2. The third kappa shape index (κ3) is 3.67. The second-order valence-corrected chi connectivity index (χ2v) is 9.22. The number of piperidine rings is 1. The molecule has 1 aromatic rings. The van der Waals surface area contributed by atoms with Crippen LogP contribution in [-0.4, -0.2) is 56.0 Å². The lowest BCUT2D eigenvalue weighted by Crippen LogP contribution is -2.47. The van der Waals surface area contributed by atoms with Crippen molar-refractivity contribution in [3.8, 4) is 0 Å². The minimum absolute atomic E-state index is 0.119. The molecule has 2 aliphatic rings. The average Bonchev–Trinajstić information content (AvgIpc) is 2.58. The van der Waals surface area contributed by atoms with Crippen LogP contribution < -0.4 is 0 Å². The molecule has 2 fully saturated rings. The molecule has 2 saturated heterocycles. The van der Waals surface area contributed by atoms with Gasteiger partial charge in [-0.3, -0.25) is 4.90 Å². The van der Waals surface area contributed by atoms with Gasteiger partial charge in [-0.1, -0.05) is 24.6 Å². The number of hydrogen-bond acceptors (Lipinski definition) is 4. The van der Waals surface area contributed by atoms with Gasteiger partial charge in [-0.2, -0.15) is 4.31 Å². The first kappa shape index (κ1) is 17.9. The monoisotopic (exact) mass is 352 g/mol. The first-order valence-corrected chi connectivity index (χ1v) is 10.3. The predicted octanol–water partition coefficient (Wildman–Crippen LogP) is 2.47. The van der Waals surface area contributed by atoms with Crippen molar-refractivity contribution in [2.45, 2.75) is 50.1 Å². The van der Waals surface area contributed by atoms with E-state index in [2.05, 4.69) is 18.7 Å². The van der Waals surface area contributed by atoms with Crippen LogP contribution in [-0.2, 0) is 21.3 Å². The van der Waals surface area contributed by atoms with Gasteiger partial charge in [-0.15, -0.1) is 0 Å². The molecule has 0 aromatic heterocycles. The van der Waals surface area contributed by atoms with Crippen molar-refractivity contribution in [2.24, 2.45) is 0 Å². The molecule has 0 unspecified atom stereocenters. The van der Waals surface area contributed by atoms with Crippen molar-refractivity contribution in [3.05, 3.63) is 29.8 Å². The van der Waals surface area contributed by atoms with Crippen molar-refractivity contribution in [2.75, 3.05) is 32.8 Å². The fourth-order valence-corrected chi connectivity index (χ4v) is 5.25. The van der Waals surface area contributed by atoms with Crippen LogP contribution in [0.15, 0.2) is 29.2 Å². The van der Waals surface area contributed by atoms with E-state index >= 15 is 0 Å². The van der Waals surface area contributed by atoms with Crippen LogP contribution in [0.25, 0.3) is 0 Å². The van der Waals surface area contributed by atoms with Gasteiger partial charge in [0, 0.05) is 25.2 Å². The van der Waals surface area contributed by atoms with E-state index < -0.39 is 10.0 Å². The third-order valence-corrected chi connectivity index (χ3v) is 7.24. The summed E-state index contributed by atoms with van der Waals surface area (Å²) < 4.78 is 33.0. The van der Waals surface area contributed by atoms with E-state index in [4.69, 9.17) is 4.74 Å². The van der Waals surface area contributed by atoms with E-state index in [1.54, 1.807) is 10.4 Å². The van der Waals surface area contributed by atoms with Crippen molar-refractivity contribution in [1.29, 1.82) is 0 Å². The summed E-state index contributed by atoms with van der Waals surface area (Å²) in [4.78, 5) is 2.87. The zero-order valence-electron chi connectivity index (χ0n) is 14.7. The van der Waals surface area contributed by atoms with Gasteiger partial charge >= 0.3 is 0 Å². The van der Waals surface area contributed by atoms with E-state index in [-0.39, 0.29) is 5.54 Å². The summed E-state index contributed by atoms with van der Waals surface area (Å²) in [5.74, 6) is 0. The van der Waals surface area contributed by atoms with Gasteiger partial charge in [-0.05, 0) is 44.9 Å². The van der Waals surface area contributed by atoms with Gasteiger partial charge in [0.2, 0.25) is 10.0 Å². The van der Waals surface area contributed by atoms with Crippen LogP contribution in [0.4, 0.5) is 0 Å². The highest BCUT2D eigenvalue weighted by Gasteiger charge is 2.32. The number of ether oxygens (including phenoxy) is 1. The minimum atomic E-state index is -3.45.